The molecule has 1 aliphatic rings. The number of halogens is 1. The Morgan fingerprint density at radius 1 is 1.33 bits per heavy atom. The molecule has 3 rings (SSSR count). The van der Waals surface area contributed by atoms with Crippen LogP contribution in [-0.4, -0.2) is 5.55 Å². The van der Waals surface area contributed by atoms with Crippen LogP contribution < -0.4 is 5.01 Å². The summed E-state index contributed by atoms with van der Waals surface area (Å²) in [5.74, 6) is 0.866. The van der Waals surface area contributed by atoms with Crippen molar-refractivity contribution in [2.24, 2.45) is 5.10 Å². The third kappa shape index (κ3) is 1.82. The molecule has 5 heteroatoms. The van der Waals surface area contributed by atoms with E-state index in [1.807, 2.05) is 47.0 Å². The molecule has 18 heavy (non-hydrogen) atoms. The molecule has 0 amide bonds. The summed E-state index contributed by atoms with van der Waals surface area (Å²) in [6.07, 6.45) is 1.68. The van der Waals surface area contributed by atoms with Crippen molar-refractivity contribution in [3.63, 3.8) is 0 Å². The zero-order valence-electron chi connectivity index (χ0n) is 9.71. The van der Waals surface area contributed by atoms with Crippen molar-refractivity contribution in [2.75, 3.05) is 5.01 Å². The monoisotopic (exact) mass is 278 g/mol. The van der Waals surface area contributed by atoms with Gasteiger partial charge in [-0.3, -0.25) is 0 Å². The molecule has 0 bridgehead atoms. The first-order valence-electron chi connectivity index (χ1n) is 5.50. The van der Waals surface area contributed by atoms with Gasteiger partial charge in [-0.05, 0) is 37.3 Å². The number of hydrazone groups is 1. The SMILES string of the molecule is CC1(c2ccco2)SC=NN1c1cccc(Cl)c1. The van der Waals surface area contributed by atoms with Gasteiger partial charge in [0.25, 0.3) is 0 Å². The number of thioether (sulfide) groups is 1. The average Bonchev–Trinajstić information content (AvgIpc) is 2.98. The van der Waals surface area contributed by atoms with Gasteiger partial charge in [0, 0.05) is 5.02 Å². The van der Waals surface area contributed by atoms with Crippen molar-refractivity contribution in [2.45, 2.75) is 11.8 Å². The highest BCUT2D eigenvalue weighted by atomic mass is 35.5. The van der Waals surface area contributed by atoms with Gasteiger partial charge in [0.05, 0.1) is 17.5 Å². The van der Waals surface area contributed by atoms with Crippen LogP contribution in [0.5, 0.6) is 0 Å². The first kappa shape index (κ1) is 11.7. The summed E-state index contributed by atoms with van der Waals surface area (Å²) in [7, 11) is 0. The van der Waals surface area contributed by atoms with E-state index in [1.165, 1.54) is 0 Å². The van der Waals surface area contributed by atoms with Gasteiger partial charge in [0.2, 0.25) is 0 Å². The predicted molar refractivity (Wildman–Crippen MR) is 76.1 cm³/mol. The highest BCUT2D eigenvalue weighted by Gasteiger charge is 2.40. The molecule has 3 nitrogen and oxygen atoms in total. The number of furan rings is 1. The fourth-order valence-corrected chi connectivity index (χ4v) is 2.98. The van der Waals surface area contributed by atoms with Crippen molar-refractivity contribution < 1.29 is 4.42 Å². The quantitative estimate of drug-likeness (QED) is 0.820. The van der Waals surface area contributed by atoms with E-state index in [0.717, 1.165) is 11.4 Å². The smallest absolute Gasteiger partial charge is 0.168 e. The fourth-order valence-electron chi connectivity index (χ4n) is 1.96. The molecule has 0 N–H and O–H groups in total. The van der Waals surface area contributed by atoms with E-state index in [4.69, 9.17) is 16.0 Å². The minimum atomic E-state index is -0.367. The number of hydrogen-bond donors (Lipinski definition) is 0. The molecule has 0 aliphatic carbocycles. The Hall–Kier alpha value is -1.39. The van der Waals surface area contributed by atoms with Crippen molar-refractivity contribution in [3.05, 3.63) is 53.4 Å². The van der Waals surface area contributed by atoms with Crippen molar-refractivity contribution in [3.8, 4) is 0 Å². The van der Waals surface area contributed by atoms with Gasteiger partial charge in [-0.25, -0.2) is 5.01 Å². The Morgan fingerprint density at radius 2 is 2.22 bits per heavy atom. The van der Waals surface area contributed by atoms with E-state index in [1.54, 1.807) is 18.0 Å². The van der Waals surface area contributed by atoms with Crippen LogP contribution in [0.15, 0.2) is 52.2 Å². The second kappa shape index (κ2) is 4.37. The Labute approximate surface area is 114 Å². The first-order chi connectivity index (χ1) is 8.70. The summed E-state index contributed by atoms with van der Waals surface area (Å²) < 4.78 is 5.53. The number of benzene rings is 1. The number of rotatable bonds is 2. The van der Waals surface area contributed by atoms with Crippen LogP contribution in [0.2, 0.25) is 5.02 Å². The Kier molecular flexibility index (Phi) is 2.84. The lowest BCUT2D eigenvalue weighted by Gasteiger charge is -2.31. The molecule has 2 heterocycles. The lowest BCUT2D eigenvalue weighted by Crippen LogP contribution is -2.33. The van der Waals surface area contributed by atoms with Gasteiger partial charge in [-0.1, -0.05) is 29.4 Å². The van der Waals surface area contributed by atoms with Crippen molar-refractivity contribution in [1.82, 2.24) is 0 Å². The van der Waals surface area contributed by atoms with E-state index in [9.17, 15) is 0 Å². The number of nitrogens with zero attached hydrogens (tertiary/aromatic N) is 2. The summed E-state index contributed by atoms with van der Waals surface area (Å²) >= 11 is 7.64. The molecule has 1 aromatic carbocycles. The summed E-state index contributed by atoms with van der Waals surface area (Å²) in [4.78, 5) is -0.367. The molecule has 0 spiro atoms. The van der Waals surface area contributed by atoms with Crippen LogP contribution in [0.4, 0.5) is 5.69 Å². The van der Waals surface area contributed by atoms with E-state index in [-0.39, 0.29) is 4.87 Å². The topological polar surface area (TPSA) is 28.7 Å². The molecule has 1 atom stereocenters. The third-order valence-electron chi connectivity index (χ3n) is 2.88. The second-order valence-electron chi connectivity index (χ2n) is 4.09. The normalized spacial score (nSPS) is 22.7. The molecule has 0 fully saturated rings. The number of hydrogen-bond acceptors (Lipinski definition) is 4. The largest absolute Gasteiger partial charge is 0.466 e. The first-order valence-corrected chi connectivity index (χ1v) is 6.76. The molecule has 1 unspecified atom stereocenters. The summed E-state index contributed by atoms with van der Waals surface area (Å²) in [5.41, 5.74) is 2.77. The van der Waals surface area contributed by atoms with E-state index in [2.05, 4.69) is 12.0 Å². The maximum atomic E-state index is 6.03. The van der Waals surface area contributed by atoms with Gasteiger partial charge in [-0.2, -0.15) is 5.10 Å². The second-order valence-corrected chi connectivity index (χ2v) is 5.77. The zero-order chi connectivity index (χ0) is 12.6. The van der Waals surface area contributed by atoms with Gasteiger partial charge in [0.1, 0.15) is 5.76 Å². The van der Waals surface area contributed by atoms with Crippen LogP contribution in [0.25, 0.3) is 0 Å². The van der Waals surface area contributed by atoms with Crippen LogP contribution in [0.3, 0.4) is 0 Å². The van der Waals surface area contributed by atoms with Crippen LogP contribution in [-0.2, 0) is 4.87 Å². The lowest BCUT2D eigenvalue weighted by atomic mass is 10.2. The highest BCUT2D eigenvalue weighted by molar-refractivity contribution is 8.13. The summed E-state index contributed by atoms with van der Waals surface area (Å²) in [6.45, 7) is 2.07. The molecule has 1 aromatic heterocycles. The Morgan fingerprint density at radius 3 is 2.94 bits per heavy atom. The minimum absolute atomic E-state index is 0.367. The molecule has 92 valence electrons. The number of anilines is 1. The molecule has 0 radical (unpaired) electrons. The van der Waals surface area contributed by atoms with Gasteiger partial charge < -0.3 is 4.42 Å². The summed E-state index contributed by atoms with van der Waals surface area (Å²) in [5, 5.41) is 7.02. The molecule has 1 aliphatic heterocycles. The van der Waals surface area contributed by atoms with E-state index >= 15 is 0 Å². The average molecular weight is 279 g/mol. The molecule has 0 saturated heterocycles. The fraction of sp³-hybridized carbons (Fsp3) is 0.154. The summed E-state index contributed by atoms with van der Waals surface area (Å²) in [6, 6.07) is 11.5. The lowest BCUT2D eigenvalue weighted by molar-refractivity contribution is 0.446. The van der Waals surface area contributed by atoms with Gasteiger partial charge in [-0.15, -0.1) is 0 Å². The van der Waals surface area contributed by atoms with Crippen molar-refractivity contribution >= 4 is 34.6 Å². The van der Waals surface area contributed by atoms with Gasteiger partial charge >= 0.3 is 0 Å². The van der Waals surface area contributed by atoms with Crippen LogP contribution >= 0.6 is 23.4 Å². The third-order valence-corrected chi connectivity index (χ3v) is 4.15. The molecular formula is C13H11ClN2OS. The maximum absolute atomic E-state index is 6.03. The van der Waals surface area contributed by atoms with Gasteiger partial charge in [0.15, 0.2) is 4.87 Å². The molecular weight excluding hydrogens is 268 g/mol. The maximum Gasteiger partial charge on any atom is 0.168 e. The van der Waals surface area contributed by atoms with E-state index < -0.39 is 0 Å². The standard InChI is InChI=1S/C13H11ClN2OS/c1-13(12-6-3-7-17-12)16(15-9-18-13)11-5-2-4-10(14)8-11/h2-9H,1H3. The van der Waals surface area contributed by atoms with Crippen molar-refractivity contribution in [1.29, 1.82) is 0 Å². The highest BCUT2D eigenvalue weighted by Crippen LogP contribution is 2.45. The van der Waals surface area contributed by atoms with E-state index in [0.29, 0.717) is 5.02 Å². The molecule has 0 saturated carbocycles. The zero-order valence-corrected chi connectivity index (χ0v) is 11.3. The van der Waals surface area contributed by atoms with Crippen LogP contribution in [0, 0.1) is 0 Å². The Bertz CT molecular complexity index is 584. The van der Waals surface area contributed by atoms with Crippen LogP contribution in [0.1, 0.15) is 12.7 Å². The Balaban J connectivity index is 2.03. The molecule has 2 aromatic rings. The predicted octanol–water partition coefficient (Wildman–Crippen LogP) is 4.30. The minimum Gasteiger partial charge on any atom is -0.466 e.